The van der Waals surface area contributed by atoms with E-state index in [1.54, 1.807) is 11.3 Å². The minimum Gasteiger partial charge on any atom is -0.370 e. The second-order valence-corrected chi connectivity index (χ2v) is 6.54. The van der Waals surface area contributed by atoms with Crippen molar-refractivity contribution in [2.75, 3.05) is 11.9 Å². The molecule has 0 radical (unpaired) electrons. The van der Waals surface area contributed by atoms with Gasteiger partial charge in [-0.2, -0.15) is 0 Å². The summed E-state index contributed by atoms with van der Waals surface area (Å²) in [4.78, 5) is 10.4. The second kappa shape index (κ2) is 6.01. The van der Waals surface area contributed by atoms with Crippen molar-refractivity contribution in [2.45, 2.75) is 33.6 Å². The highest BCUT2D eigenvalue weighted by molar-refractivity contribution is 9.10. The molecule has 0 saturated carbocycles. The molecule has 0 fully saturated rings. The van der Waals surface area contributed by atoms with E-state index in [0.717, 1.165) is 33.2 Å². The Kier molecular flexibility index (Phi) is 4.58. The SMILES string of the molecule is CCNc1nc(-c2cc(Br)cs2)nc(C)c1C(C)C. The second-order valence-electron chi connectivity index (χ2n) is 4.71. The van der Waals surface area contributed by atoms with Crippen molar-refractivity contribution in [1.82, 2.24) is 9.97 Å². The van der Waals surface area contributed by atoms with E-state index in [1.165, 1.54) is 5.56 Å². The van der Waals surface area contributed by atoms with Crippen LogP contribution in [0, 0.1) is 6.92 Å². The van der Waals surface area contributed by atoms with Gasteiger partial charge >= 0.3 is 0 Å². The number of aromatic nitrogens is 2. The van der Waals surface area contributed by atoms with Crippen LogP contribution in [0.15, 0.2) is 15.9 Å². The molecular formula is C14H18BrN3S. The Labute approximate surface area is 126 Å². The summed E-state index contributed by atoms with van der Waals surface area (Å²) in [5, 5.41) is 5.41. The van der Waals surface area contributed by atoms with Crippen molar-refractivity contribution in [2.24, 2.45) is 0 Å². The third-order valence-corrected chi connectivity index (χ3v) is 4.53. The lowest BCUT2D eigenvalue weighted by Crippen LogP contribution is -2.09. The van der Waals surface area contributed by atoms with Crippen LogP contribution in [-0.2, 0) is 0 Å². The Morgan fingerprint density at radius 2 is 2.11 bits per heavy atom. The van der Waals surface area contributed by atoms with Crippen LogP contribution in [0.25, 0.3) is 10.7 Å². The summed E-state index contributed by atoms with van der Waals surface area (Å²) in [6.07, 6.45) is 0. The lowest BCUT2D eigenvalue weighted by atomic mass is 10.0. The van der Waals surface area contributed by atoms with Gasteiger partial charge in [-0.1, -0.05) is 13.8 Å². The quantitative estimate of drug-likeness (QED) is 0.866. The number of anilines is 1. The number of halogens is 1. The Morgan fingerprint density at radius 1 is 1.37 bits per heavy atom. The van der Waals surface area contributed by atoms with Crippen LogP contribution in [0.3, 0.4) is 0 Å². The summed E-state index contributed by atoms with van der Waals surface area (Å²) in [5.74, 6) is 2.18. The fourth-order valence-electron chi connectivity index (χ4n) is 2.12. The fourth-order valence-corrected chi connectivity index (χ4v) is 3.48. The van der Waals surface area contributed by atoms with Crippen LogP contribution in [0.2, 0.25) is 0 Å². The summed E-state index contributed by atoms with van der Waals surface area (Å²) >= 11 is 5.13. The number of thiophene rings is 1. The summed E-state index contributed by atoms with van der Waals surface area (Å²) in [7, 11) is 0. The summed E-state index contributed by atoms with van der Waals surface area (Å²) in [6, 6.07) is 2.06. The van der Waals surface area contributed by atoms with E-state index >= 15 is 0 Å². The fraction of sp³-hybridized carbons (Fsp3) is 0.429. The average molecular weight is 340 g/mol. The number of rotatable bonds is 4. The van der Waals surface area contributed by atoms with Crippen molar-refractivity contribution in [3.05, 3.63) is 27.2 Å². The van der Waals surface area contributed by atoms with Gasteiger partial charge in [0.15, 0.2) is 5.82 Å². The highest BCUT2D eigenvalue weighted by atomic mass is 79.9. The van der Waals surface area contributed by atoms with Crippen LogP contribution in [0.5, 0.6) is 0 Å². The van der Waals surface area contributed by atoms with Crippen molar-refractivity contribution >= 4 is 33.1 Å². The minimum absolute atomic E-state index is 0.415. The molecule has 0 atom stereocenters. The highest BCUT2D eigenvalue weighted by Crippen LogP contribution is 2.31. The smallest absolute Gasteiger partial charge is 0.171 e. The number of hydrogen-bond acceptors (Lipinski definition) is 4. The summed E-state index contributed by atoms with van der Waals surface area (Å²) < 4.78 is 1.08. The third-order valence-electron chi connectivity index (χ3n) is 2.85. The van der Waals surface area contributed by atoms with E-state index in [2.05, 4.69) is 65.4 Å². The predicted molar refractivity (Wildman–Crippen MR) is 86.0 cm³/mol. The van der Waals surface area contributed by atoms with Gasteiger partial charge in [-0.25, -0.2) is 9.97 Å². The van der Waals surface area contributed by atoms with Gasteiger partial charge in [0.05, 0.1) is 4.88 Å². The first-order chi connectivity index (χ1) is 9.02. The molecule has 2 heterocycles. The van der Waals surface area contributed by atoms with Gasteiger partial charge in [0.25, 0.3) is 0 Å². The van der Waals surface area contributed by atoms with Gasteiger partial charge in [0, 0.05) is 27.7 Å². The number of nitrogens with zero attached hydrogens (tertiary/aromatic N) is 2. The molecule has 0 amide bonds. The Bertz CT molecular complexity index is 578. The van der Waals surface area contributed by atoms with Gasteiger partial charge in [0.2, 0.25) is 0 Å². The molecule has 5 heteroatoms. The maximum absolute atomic E-state index is 4.70. The lowest BCUT2D eigenvalue weighted by Gasteiger charge is -2.16. The van der Waals surface area contributed by atoms with Crippen molar-refractivity contribution < 1.29 is 0 Å². The Hall–Kier alpha value is -0.940. The van der Waals surface area contributed by atoms with Crippen molar-refractivity contribution in [3.8, 4) is 10.7 Å². The summed E-state index contributed by atoms with van der Waals surface area (Å²) in [5.41, 5.74) is 2.27. The molecular weight excluding hydrogens is 322 g/mol. The molecule has 0 aliphatic heterocycles. The molecule has 0 saturated heterocycles. The maximum atomic E-state index is 4.70. The molecule has 0 bridgehead atoms. The molecule has 19 heavy (non-hydrogen) atoms. The lowest BCUT2D eigenvalue weighted by molar-refractivity contribution is 0.831. The monoisotopic (exact) mass is 339 g/mol. The van der Waals surface area contributed by atoms with Crippen molar-refractivity contribution in [1.29, 1.82) is 0 Å². The first kappa shape index (κ1) is 14.5. The van der Waals surface area contributed by atoms with E-state index in [0.29, 0.717) is 5.92 Å². The van der Waals surface area contributed by atoms with Crippen LogP contribution in [0.4, 0.5) is 5.82 Å². The highest BCUT2D eigenvalue weighted by Gasteiger charge is 2.15. The molecule has 0 aliphatic carbocycles. The molecule has 102 valence electrons. The van der Waals surface area contributed by atoms with Crippen LogP contribution < -0.4 is 5.32 Å². The molecule has 2 aromatic rings. The number of aryl methyl sites for hydroxylation is 1. The average Bonchev–Trinajstić information content (AvgIpc) is 2.75. The molecule has 3 nitrogen and oxygen atoms in total. The zero-order chi connectivity index (χ0) is 14.0. The van der Waals surface area contributed by atoms with Gasteiger partial charge in [-0.15, -0.1) is 11.3 Å². The molecule has 2 rings (SSSR count). The Balaban J connectivity index is 2.53. The van der Waals surface area contributed by atoms with E-state index in [1.807, 2.05) is 0 Å². The minimum atomic E-state index is 0.415. The maximum Gasteiger partial charge on any atom is 0.171 e. The van der Waals surface area contributed by atoms with E-state index in [-0.39, 0.29) is 0 Å². The van der Waals surface area contributed by atoms with E-state index < -0.39 is 0 Å². The summed E-state index contributed by atoms with van der Waals surface area (Å²) in [6.45, 7) is 9.36. The van der Waals surface area contributed by atoms with Gasteiger partial charge in [0.1, 0.15) is 5.82 Å². The standard InChI is InChI=1S/C14H18BrN3S/c1-5-16-14-12(8(2)3)9(4)17-13(18-14)11-6-10(15)7-19-11/h6-8H,5H2,1-4H3,(H,16,17,18). The first-order valence-corrected chi connectivity index (χ1v) is 8.07. The molecule has 0 aliphatic rings. The molecule has 1 N–H and O–H groups in total. The predicted octanol–water partition coefficient (Wildman–Crippen LogP) is 4.83. The third kappa shape index (κ3) is 3.15. The van der Waals surface area contributed by atoms with E-state index in [4.69, 9.17) is 4.98 Å². The van der Waals surface area contributed by atoms with Crippen LogP contribution >= 0.6 is 27.3 Å². The van der Waals surface area contributed by atoms with Crippen LogP contribution in [-0.4, -0.2) is 16.5 Å². The molecule has 2 aromatic heterocycles. The number of hydrogen-bond donors (Lipinski definition) is 1. The first-order valence-electron chi connectivity index (χ1n) is 6.39. The normalized spacial score (nSPS) is 11.1. The van der Waals surface area contributed by atoms with Gasteiger partial charge in [-0.3, -0.25) is 0 Å². The van der Waals surface area contributed by atoms with Gasteiger partial charge < -0.3 is 5.32 Å². The van der Waals surface area contributed by atoms with Crippen LogP contribution in [0.1, 0.15) is 37.9 Å². The zero-order valence-corrected chi connectivity index (χ0v) is 14.0. The zero-order valence-electron chi connectivity index (χ0n) is 11.6. The number of nitrogens with one attached hydrogen (secondary N) is 1. The molecule has 0 unspecified atom stereocenters. The van der Waals surface area contributed by atoms with E-state index in [9.17, 15) is 0 Å². The topological polar surface area (TPSA) is 37.8 Å². The Morgan fingerprint density at radius 3 is 2.63 bits per heavy atom. The van der Waals surface area contributed by atoms with Gasteiger partial charge in [-0.05, 0) is 41.8 Å². The molecule has 0 aromatic carbocycles. The molecule has 0 spiro atoms. The van der Waals surface area contributed by atoms with Crippen molar-refractivity contribution in [3.63, 3.8) is 0 Å². The largest absolute Gasteiger partial charge is 0.370 e.